The molecular weight excluding hydrogens is 378 g/mol. The zero-order valence-corrected chi connectivity index (χ0v) is 16.7. The van der Waals surface area contributed by atoms with Crippen LogP contribution in [0.25, 0.3) is 11.8 Å². The second-order valence-electron chi connectivity index (χ2n) is 7.45. The van der Waals surface area contributed by atoms with Gasteiger partial charge in [0, 0.05) is 34.9 Å². The summed E-state index contributed by atoms with van der Waals surface area (Å²) in [6.45, 7) is 3.91. The summed E-state index contributed by atoms with van der Waals surface area (Å²) in [6.07, 6.45) is 5.56. The van der Waals surface area contributed by atoms with Crippen molar-refractivity contribution in [3.8, 4) is 5.69 Å². The summed E-state index contributed by atoms with van der Waals surface area (Å²) in [4.78, 5) is 25.2. The van der Waals surface area contributed by atoms with Crippen molar-refractivity contribution in [2.24, 2.45) is 0 Å². The molecule has 1 spiro atoms. The molecule has 2 heterocycles. The maximum atomic E-state index is 12.6. The molecule has 4 rings (SSSR count). The Morgan fingerprint density at radius 3 is 2.21 bits per heavy atom. The SMILES string of the molecule is Cc1cc(C=C2C(=O)OC3(CCCCC3)OC2=O)c(C)n1-c1ccc(Cl)cc1. The minimum atomic E-state index is -1.07. The number of halogens is 1. The molecule has 1 aromatic carbocycles. The van der Waals surface area contributed by atoms with E-state index in [-0.39, 0.29) is 5.57 Å². The van der Waals surface area contributed by atoms with Crippen LogP contribution in [0.5, 0.6) is 0 Å². The van der Waals surface area contributed by atoms with Crippen LogP contribution in [0, 0.1) is 13.8 Å². The standard InChI is InChI=1S/C22H22ClNO4/c1-14-12-16(15(2)24(14)18-8-6-17(23)7-9-18)13-19-20(25)27-22(28-21(19)26)10-4-3-5-11-22/h6-9,12-13H,3-5,10-11H2,1-2H3. The fourth-order valence-corrected chi connectivity index (χ4v) is 4.17. The molecule has 0 amide bonds. The molecule has 1 aliphatic carbocycles. The summed E-state index contributed by atoms with van der Waals surface area (Å²) in [6, 6.07) is 9.44. The van der Waals surface area contributed by atoms with Crippen molar-refractivity contribution in [2.45, 2.75) is 51.7 Å². The molecule has 0 N–H and O–H groups in total. The molecule has 0 atom stereocenters. The van der Waals surface area contributed by atoms with Crippen LogP contribution in [0.2, 0.25) is 5.02 Å². The van der Waals surface area contributed by atoms with Gasteiger partial charge in [-0.3, -0.25) is 0 Å². The van der Waals surface area contributed by atoms with Gasteiger partial charge in [-0.05, 0) is 68.7 Å². The van der Waals surface area contributed by atoms with Crippen molar-refractivity contribution in [1.29, 1.82) is 0 Å². The maximum absolute atomic E-state index is 12.6. The topological polar surface area (TPSA) is 57.5 Å². The predicted octanol–water partition coefficient (Wildman–Crippen LogP) is 4.89. The van der Waals surface area contributed by atoms with E-state index in [1.165, 1.54) is 0 Å². The Kier molecular flexibility index (Phi) is 4.79. The van der Waals surface area contributed by atoms with Crippen molar-refractivity contribution < 1.29 is 19.1 Å². The maximum Gasteiger partial charge on any atom is 0.348 e. The second kappa shape index (κ2) is 7.13. The van der Waals surface area contributed by atoms with Crippen LogP contribution in [0.1, 0.15) is 49.1 Å². The van der Waals surface area contributed by atoms with E-state index in [4.69, 9.17) is 21.1 Å². The number of nitrogens with zero attached hydrogens (tertiary/aromatic N) is 1. The van der Waals surface area contributed by atoms with Crippen LogP contribution in [-0.2, 0) is 19.1 Å². The number of rotatable bonds is 2. The van der Waals surface area contributed by atoms with E-state index in [0.29, 0.717) is 17.9 Å². The van der Waals surface area contributed by atoms with Crippen molar-refractivity contribution in [2.75, 3.05) is 0 Å². The molecule has 0 radical (unpaired) electrons. The van der Waals surface area contributed by atoms with E-state index < -0.39 is 17.7 Å². The third-order valence-electron chi connectivity index (χ3n) is 5.47. The quantitative estimate of drug-likeness (QED) is 0.410. The van der Waals surface area contributed by atoms with Gasteiger partial charge in [-0.15, -0.1) is 0 Å². The van der Waals surface area contributed by atoms with E-state index in [1.807, 2.05) is 48.7 Å². The normalized spacial score (nSPS) is 18.8. The van der Waals surface area contributed by atoms with Gasteiger partial charge in [0.2, 0.25) is 0 Å². The van der Waals surface area contributed by atoms with Crippen LogP contribution in [-0.4, -0.2) is 22.3 Å². The van der Waals surface area contributed by atoms with Gasteiger partial charge in [-0.25, -0.2) is 9.59 Å². The number of hydrogen-bond acceptors (Lipinski definition) is 4. The van der Waals surface area contributed by atoms with E-state index in [2.05, 4.69) is 0 Å². The lowest BCUT2D eigenvalue weighted by molar-refractivity contribution is -0.244. The smallest absolute Gasteiger partial charge is 0.348 e. The Bertz CT molecular complexity index is 943. The Labute approximate surface area is 168 Å². The van der Waals surface area contributed by atoms with E-state index in [9.17, 15) is 9.59 Å². The van der Waals surface area contributed by atoms with Gasteiger partial charge < -0.3 is 14.0 Å². The average molecular weight is 400 g/mol. The Morgan fingerprint density at radius 2 is 1.61 bits per heavy atom. The molecule has 1 saturated heterocycles. The number of carbonyl (C=O) groups excluding carboxylic acids is 2. The Balaban J connectivity index is 1.66. The number of benzene rings is 1. The molecule has 1 aromatic heterocycles. The zero-order valence-electron chi connectivity index (χ0n) is 16.0. The van der Waals surface area contributed by atoms with Crippen LogP contribution in [0.15, 0.2) is 35.9 Å². The minimum absolute atomic E-state index is 0.0624. The molecule has 146 valence electrons. The van der Waals surface area contributed by atoms with Gasteiger partial charge >= 0.3 is 11.9 Å². The van der Waals surface area contributed by atoms with E-state index in [0.717, 1.165) is 41.9 Å². The summed E-state index contributed by atoms with van der Waals surface area (Å²) in [5.41, 5.74) is 3.56. The number of carbonyl (C=O) groups is 2. The van der Waals surface area contributed by atoms with Crippen LogP contribution >= 0.6 is 11.6 Å². The first-order chi connectivity index (χ1) is 13.4. The molecule has 2 aromatic rings. The fourth-order valence-electron chi connectivity index (χ4n) is 4.04. The number of esters is 2. The number of hydrogen-bond donors (Lipinski definition) is 0. The summed E-state index contributed by atoms with van der Waals surface area (Å²) >= 11 is 5.98. The highest BCUT2D eigenvalue weighted by Gasteiger charge is 2.46. The summed E-state index contributed by atoms with van der Waals surface area (Å²) < 4.78 is 13.2. The molecule has 6 heteroatoms. The fraction of sp³-hybridized carbons (Fsp3) is 0.364. The second-order valence-corrected chi connectivity index (χ2v) is 7.88. The van der Waals surface area contributed by atoms with Gasteiger partial charge in [0.25, 0.3) is 5.79 Å². The Morgan fingerprint density at radius 1 is 1.00 bits per heavy atom. The lowest BCUT2D eigenvalue weighted by atomic mass is 9.93. The van der Waals surface area contributed by atoms with Crippen LogP contribution in [0.3, 0.4) is 0 Å². The lowest BCUT2D eigenvalue weighted by Gasteiger charge is -2.38. The Hall–Kier alpha value is -2.53. The van der Waals surface area contributed by atoms with Gasteiger partial charge in [0.1, 0.15) is 5.57 Å². The summed E-state index contributed by atoms with van der Waals surface area (Å²) in [5.74, 6) is -2.27. The minimum Gasteiger partial charge on any atom is -0.419 e. The first kappa shape index (κ1) is 18.8. The van der Waals surface area contributed by atoms with Crippen molar-refractivity contribution >= 4 is 29.6 Å². The summed E-state index contributed by atoms with van der Waals surface area (Å²) in [5, 5.41) is 0.665. The third kappa shape index (κ3) is 3.35. The highest BCUT2D eigenvalue weighted by Crippen LogP contribution is 2.37. The molecule has 5 nitrogen and oxygen atoms in total. The van der Waals surface area contributed by atoms with Crippen molar-refractivity contribution in [1.82, 2.24) is 4.57 Å². The lowest BCUT2D eigenvalue weighted by Crippen LogP contribution is -2.47. The summed E-state index contributed by atoms with van der Waals surface area (Å²) in [7, 11) is 0. The van der Waals surface area contributed by atoms with Gasteiger partial charge in [-0.1, -0.05) is 18.0 Å². The molecular formula is C22H22ClNO4. The average Bonchev–Trinajstić information content (AvgIpc) is 2.93. The third-order valence-corrected chi connectivity index (χ3v) is 5.72. The van der Waals surface area contributed by atoms with Crippen LogP contribution < -0.4 is 0 Å². The van der Waals surface area contributed by atoms with Gasteiger partial charge in [-0.2, -0.15) is 0 Å². The van der Waals surface area contributed by atoms with E-state index in [1.54, 1.807) is 6.08 Å². The van der Waals surface area contributed by atoms with Crippen molar-refractivity contribution in [3.63, 3.8) is 0 Å². The molecule has 1 aliphatic heterocycles. The molecule has 1 saturated carbocycles. The van der Waals surface area contributed by atoms with Crippen LogP contribution in [0.4, 0.5) is 0 Å². The highest BCUT2D eigenvalue weighted by molar-refractivity contribution is 6.30. The number of aromatic nitrogens is 1. The predicted molar refractivity (Wildman–Crippen MR) is 106 cm³/mol. The molecule has 2 fully saturated rings. The molecule has 0 bridgehead atoms. The number of aryl methyl sites for hydroxylation is 1. The zero-order chi connectivity index (χ0) is 19.9. The first-order valence-corrected chi connectivity index (χ1v) is 9.90. The largest absolute Gasteiger partial charge is 0.419 e. The monoisotopic (exact) mass is 399 g/mol. The highest BCUT2D eigenvalue weighted by atomic mass is 35.5. The van der Waals surface area contributed by atoms with E-state index >= 15 is 0 Å². The van der Waals surface area contributed by atoms with Gasteiger partial charge in [0.05, 0.1) is 0 Å². The molecule has 2 aliphatic rings. The molecule has 0 unspecified atom stereocenters. The first-order valence-electron chi connectivity index (χ1n) is 9.52. The van der Waals surface area contributed by atoms with Crippen molar-refractivity contribution in [3.05, 3.63) is 57.9 Å². The number of ether oxygens (including phenoxy) is 2. The molecule has 28 heavy (non-hydrogen) atoms. The van der Waals surface area contributed by atoms with Gasteiger partial charge in [0.15, 0.2) is 0 Å².